The van der Waals surface area contributed by atoms with Gasteiger partial charge >= 0.3 is 0 Å². The Hall–Kier alpha value is -0.0800. The van der Waals surface area contributed by atoms with Gasteiger partial charge in [-0.25, -0.2) is 0 Å². The molecule has 0 aliphatic heterocycles. The van der Waals surface area contributed by atoms with Crippen LogP contribution in [0.1, 0.15) is 77.6 Å². The molecule has 0 heterocycles. The van der Waals surface area contributed by atoms with Crippen LogP contribution in [0.15, 0.2) is 0 Å². The third kappa shape index (κ3) is 4.24. The lowest BCUT2D eigenvalue weighted by Crippen LogP contribution is -2.45. The van der Waals surface area contributed by atoms with Crippen LogP contribution in [-0.2, 0) is 0 Å². The highest BCUT2D eigenvalue weighted by Gasteiger charge is 2.29. The monoisotopic (exact) mass is 253 g/mol. The molecule has 0 radical (unpaired) electrons. The summed E-state index contributed by atoms with van der Waals surface area (Å²) in [5, 5.41) is 14.3. The van der Waals surface area contributed by atoms with Crippen molar-refractivity contribution in [2.45, 2.75) is 89.2 Å². The van der Waals surface area contributed by atoms with E-state index in [9.17, 15) is 5.11 Å². The van der Waals surface area contributed by atoms with Crippen molar-refractivity contribution in [2.75, 3.05) is 6.54 Å². The first kappa shape index (κ1) is 14.3. The van der Waals surface area contributed by atoms with Gasteiger partial charge in [0.1, 0.15) is 0 Å². The molecule has 2 aliphatic carbocycles. The summed E-state index contributed by atoms with van der Waals surface area (Å²) >= 11 is 0. The maximum atomic E-state index is 10.6. The molecular formula is C16H31NO. The number of nitrogens with one attached hydrogen (secondary N) is 1. The van der Waals surface area contributed by atoms with Gasteiger partial charge in [0.15, 0.2) is 0 Å². The van der Waals surface area contributed by atoms with Crippen molar-refractivity contribution in [1.29, 1.82) is 0 Å². The van der Waals surface area contributed by atoms with Crippen LogP contribution >= 0.6 is 0 Å². The van der Waals surface area contributed by atoms with Gasteiger partial charge in [0.05, 0.1) is 5.60 Å². The first-order valence-corrected chi connectivity index (χ1v) is 8.17. The molecule has 0 bridgehead atoms. The van der Waals surface area contributed by atoms with Crippen molar-refractivity contribution in [3.8, 4) is 0 Å². The van der Waals surface area contributed by atoms with Gasteiger partial charge in [-0.1, -0.05) is 39.0 Å². The van der Waals surface area contributed by atoms with Crippen LogP contribution in [-0.4, -0.2) is 23.3 Å². The number of hydrogen-bond acceptors (Lipinski definition) is 2. The molecule has 18 heavy (non-hydrogen) atoms. The molecule has 0 atom stereocenters. The molecule has 0 saturated heterocycles. The Morgan fingerprint density at radius 1 is 1.00 bits per heavy atom. The topological polar surface area (TPSA) is 32.3 Å². The Bertz CT molecular complexity index is 225. The van der Waals surface area contributed by atoms with E-state index >= 15 is 0 Å². The molecule has 0 aromatic rings. The van der Waals surface area contributed by atoms with Gasteiger partial charge in [0.2, 0.25) is 0 Å². The maximum Gasteiger partial charge on any atom is 0.0771 e. The quantitative estimate of drug-likeness (QED) is 0.750. The molecule has 0 amide bonds. The summed E-state index contributed by atoms with van der Waals surface area (Å²) in [5.41, 5.74) is -0.405. The molecule has 2 fully saturated rings. The normalized spacial score (nSPS) is 33.0. The highest BCUT2D eigenvalue weighted by atomic mass is 16.3. The largest absolute Gasteiger partial charge is 0.389 e. The Morgan fingerprint density at radius 2 is 1.61 bits per heavy atom. The molecule has 2 saturated carbocycles. The first-order chi connectivity index (χ1) is 8.72. The summed E-state index contributed by atoms with van der Waals surface area (Å²) in [4.78, 5) is 0. The zero-order valence-electron chi connectivity index (χ0n) is 12.1. The predicted molar refractivity (Wildman–Crippen MR) is 76.7 cm³/mol. The van der Waals surface area contributed by atoms with E-state index in [2.05, 4.69) is 12.2 Å². The second-order valence-corrected chi connectivity index (χ2v) is 6.65. The molecule has 0 spiro atoms. The summed E-state index contributed by atoms with van der Waals surface area (Å²) in [6.07, 6.45) is 13.8. The van der Waals surface area contributed by atoms with Crippen LogP contribution in [0.5, 0.6) is 0 Å². The van der Waals surface area contributed by atoms with Gasteiger partial charge in [-0.05, 0) is 44.4 Å². The summed E-state index contributed by atoms with van der Waals surface area (Å²) < 4.78 is 0. The zero-order chi connectivity index (χ0) is 12.8. The lowest BCUT2D eigenvalue weighted by atomic mass is 9.84. The van der Waals surface area contributed by atoms with Gasteiger partial charge < -0.3 is 10.4 Å². The lowest BCUT2D eigenvalue weighted by Gasteiger charge is -2.33. The third-order valence-corrected chi connectivity index (χ3v) is 5.18. The first-order valence-electron chi connectivity index (χ1n) is 8.17. The smallest absolute Gasteiger partial charge is 0.0771 e. The molecule has 2 heteroatoms. The van der Waals surface area contributed by atoms with Gasteiger partial charge in [-0.3, -0.25) is 0 Å². The van der Waals surface area contributed by atoms with Crippen LogP contribution in [0.2, 0.25) is 0 Å². The van der Waals surface area contributed by atoms with E-state index in [1.165, 1.54) is 57.8 Å². The van der Waals surface area contributed by atoms with Gasteiger partial charge in [0, 0.05) is 12.6 Å². The predicted octanol–water partition coefficient (Wildman–Crippen LogP) is 3.63. The molecular weight excluding hydrogens is 222 g/mol. The molecule has 0 aromatic heterocycles. The Labute approximate surface area is 113 Å². The van der Waals surface area contributed by atoms with Gasteiger partial charge in [-0.15, -0.1) is 0 Å². The van der Waals surface area contributed by atoms with E-state index in [-0.39, 0.29) is 0 Å². The van der Waals surface area contributed by atoms with Crippen molar-refractivity contribution in [1.82, 2.24) is 5.32 Å². The highest BCUT2D eigenvalue weighted by molar-refractivity contribution is 4.86. The summed E-state index contributed by atoms with van der Waals surface area (Å²) in [6, 6.07) is 0.667. The van der Waals surface area contributed by atoms with Crippen LogP contribution in [0.25, 0.3) is 0 Å². The molecule has 2 N–H and O–H groups in total. The second kappa shape index (κ2) is 6.91. The summed E-state index contributed by atoms with van der Waals surface area (Å²) in [5.74, 6) is 0.962. The molecule has 106 valence electrons. The van der Waals surface area contributed by atoms with Crippen LogP contribution in [0.4, 0.5) is 0 Å². The minimum atomic E-state index is -0.405. The summed E-state index contributed by atoms with van der Waals surface area (Å²) in [7, 11) is 0. The fourth-order valence-corrected chi connectivity index (χ4v) is 3.67. The average Bonchev–Trinajstić information content (AvgIpc) is 2.62. The Balaban J connectivity index is 1.70. The highest BCUT2D eigenvalue weighted by Crippen LogP contribution is 2.29. The molecule has 0 aromatic carbocycles. The number of rotatable bonds is 4. The molecule has 2 aliphatic rings. The van der Waals surface area contributed by atoms with E-state index in [4.69, 9.17) is 0 Å². The Kier molecular flexibility index (Phi) is 5.50. The standard InChI is InChI=1S/C16H31NO/c1-2-14-7-9-15(10-8-14)17-13-16(18)11-5-3-4-6-12-16/h14-15,17-18H,2-13H2,1H3. The molecule has 2 rings (SSSR count). The van der Waals surface area contributed by atoms with Crippen molar-refractivity contribution >= 4 is 0 Å². The van der Waals surface area contributed by atoms with Gasteiger partial charge in [0.25, 0.3) is 0 Å². The van der Waals surface area contributed by atoms with E-state index in [1.54, 1.807) is 0 Å². The van der Waals surface area contributed by atoms with E-state index in [0.29, 0.717) is 6.04 Å². The SMILES string of the molecule is CCC1CCC(NCC2(O)CCCCCC2)CC1. The van der Waals surface area contributed by atoms with Crippen LogP contribution in [0.3, 0.4) is 0 Å². The van der Waals surface area contributed by atoms with Crippen molar-refractivity contribution in [3.05, 3.63) is 0 Å². The lowest BCUT2D eigenvalue weighted by molar-refractivity contribution is 0.0210. The minimum absolute atomic E-state index is 0.405. The van der Waals surface area contributed by atoms with Gasteiger partial charge in [-0.2, -0.15) is 0 Å². The number of aliphatic hydroxyl groups is 1. The fraction of sp³-hybridized carbons (Fsp3) is 1.00. The van der Waals surface area contributed by atoms with Crippen LogP contribution in [0, 0.1) is 5.92 Å². The average molecular weight is 253 g/mol. The Morgan fingerprint density at radius 3 is 2.17 bits per heavy atom. The van der Waals surface area contributed by atoms with Crippen LogP contribution < -0.4 is 5.32 Å². The minimum Gasteiger partial charge on any atom is -0.389 e. The number of hydrogen-bond donors (Lipinski definition) is 2. The molecule has 2 nitrogen and oxygen atoms in total. The van der Waals surface area contributed by atoms with Crippen molar-refractivity contribution in [3.63, 3.8) is 0 Å². The van der Waals surface area contributed by atoms with E-state index in [0.717, 1.165) is 25.3 Å². The van der Waals surface area contributed by atoms with E-state index < -0.39 is 5.60 Å². The summed E-state index contributed by atoms with van der Waals surface area (Å²) in [6.45, 7) is 3.14. The van der Waals surface area contributed by atoms with Crippen molar-refractivity contribution in [2.24, 2.45) is 5.92 Å². The zero-order valence-corrected chi connectivity index (χ0v) is 12.1. The second-order valence-electron chi connectivity index (χ2n) is 6.65. The van der Waals surface area contributed by atoms with Crippen molar-refractivity contribution < 1.29 is 5.11 Å². The molecule has 0 unspecified atom stereocenters. The van der Waals surface area contributed by atoms with E-state index in [1.807, 2.05) is 0 Å². The fourth-order valence-electron chi connectivity index (χ4n) is 3.67. The third-order valence-electron chi connectivity index (χ3n) is 5.18. The maximum absolute atomic E-state index is 10.6.